The highest BCUT2D eigenvalue weighted by atomic mass is 19.1. The second-order valence-electron chi connectivity index (χ2n) is 4.36. The highest BCUT2D eigenvalue weighted by Gasteiger charge is 2.14. The molecule has 0 radical (unpaired) electrons. The van der Waals surface area contributed by atoms with E-state index >= 15 is 0 Å². The fourth-order valence-electron chi connectivity index (χ4n) is 1.95. The molecule has 0 aliphatic carbocycles. The largest absolute Gasteiger partial charge is 0.494 e. The molecule has 0 bridgehead atoms. The normalized spacial score (nSPS) is 10.2. The molecule has 21 heavy (non-hydrogen) atoms. The van der Waals surface area contributed by atoms with E-state index in [1.165, 1.54) is 25.3 Å². The van der Waals surface area contributed by atoms with Crippen molar-refractivity contribution in [1.29, 1.82) is 0 Å². The van der Waals surface area contributed by atoms with Gasteiger partial charge in [-0.2, -0.15) is 0 Å². The number of rotatable bonds is 5. The molecule has 2 rings (SSSR count). The van der Waals surface area contributed by atoms with Crippen LogP contribution < -0.4 is 15.2 Å². The molecule has 110 valence electrons. The molecule has 0 fully saturated rings. The lowest BCUT2D eigenvalue weighted by Gasteiger charge is -2.09. The van der Waals surface area contributed by atoms with Crippen LogP contribution in [-0.2, 0) is 0 Å². The van der Waals surface area contributed by atoms with Crippen LogP contribution in [0.1, 0.15) is 22.8 Å². The molecule has 2 N–H and O–H groups in total. The predicted molar refractivity (Wildman–Crippen MR) is 78.4 cm³/mol. The van der Waals surface area contributed by atoms with E-state index in [4.69, 9.17) is 15.2 Å². The van der Waals surface area contributed by atoms with Crippen LogP contribution in [0, 0.1) is 5.82 Å². The molecule has 0 aromatic heterocycles. The number of methoxy groups -OCH3 is 1. The van der Waals surface area contributed by atoms with E-state index in [1.807, 2.05) is 6.92 Å². The van der Waals surface area contributed by atoms with Crippen LogP contribution >= 0.6 is 0 Å². The third kappa shape index (κ3) is 3.13. The number of nitrogens with two attached hydrogens (primary N) is 1. The van der Waals surface area contributed by atoms with Crippen molar-refractivity contribution in [2.75, 3.05) is 19.5 Å². The van der Waals surface area contributed by atoms with Gasteiger partial charge in [-0.25, -0.2) is 4.39 Å². The van der Waals surface area contributed by atoms with Gasteiger partial charge in [0.15, 0.2) is 17.3 Å². The van der Waals surface area contributed by atoms with Gasteiger partial charge in [0.2, 0.25) is 0 Å². The van der Waals surface area contributed by atoms with Crippen molar-refractivity contribution in [2.45, 2.75) is 6.92 Å². The summed E-state index contributed by atoms with van der Waals surface area (Å²) < 4.78 is 23.8. The van der Waals surface area contributed by atoms with Crippen LogP contribution in [0.15, 0.2) is 36.4 Å². The van der Waals surface area contributed by atoms with Gasteiger partial charge < -0.3 is 15.2 Å². The van der Waals surface area contributed by atoms with Gasteiger partial charge in [0.1, 0.15) is 5.75 Å². The van der Waals surface area contributed by atoms with Gasteiger partial charge in [-0.3, -0.25) is 4.79 Å². The Balaban J connectivity index is 2.31. The van der Waals surface area contributed by atoms with Gasteiger partial charge in [-0.1, -0.05) is 0 Å². The molecule has 0 amide bonds. The van der Waals surface area contributed by atoms with Crippen LogP contribution in [0.4, 0.5) is 10.1 Å². The smallest absolute Gasteiger partial charge is 0.193 e. The summed E-state index contributed by atoms with van der Waals surface area (Å²) in [6.45, 7) is 2.33. The van der Waals surface area contributed by atoms with E-state index in [0.717, 1.165) is 6.07 Å². The van der Waals surface area contributed by atoms with Crippen molar-refractivity contribution >= 4 is 11.5 Å². The molecule has 0 saturated heterocycles. The summed E-state index contributed by atoms with van der Waals surface area (Å²) in [6, 6.07) is 8.83. The fourth-order valence-corrected chi connectivity index (χ4v) is 1.95. The summed E-state index contributed by atoms with van der Waals surface area (Å²) in [5.74, 6) is -0.277. The molecule has 0 saturated carbocycles. The SMILES string of the molecule is CCOc1ccc(C(=O)c2ccc(OC)c(F)c2)cc1N. The highest BCUT2D eigenvalue weighted by molar-refractivity contribution is 6.09. The maximum atomic E-state index is 13.6. The maximum absolute atomic E-state index is 13.6. The molecule has 0 unspecified atom stereocenters. The Bertz CT molecular complexity index is 671. The maximum Gasteiger partial charge on any atom is 0.193 e. The van der Waals surface area contributed by atoms with E-state index < -0.39 is 5.82 Å². The van der Waals surface area contributed by atoms with E-state index in [0.29, 0.717) is 23.6 Å². The van der Waals surface area contributed by atoms with E-state index in [2.05, 4.69) is 0 Å². The lowest BCUT2D eigenvalue weighted by atomic mass is 10.0. The van der Waals surface area contributed by atoms with Crippen LogP contribution in [-0.4, -0.2) is 19.5 Å². The van der Waals surface area contributed by atoms with Crippen molar-refractivity contribution in [2.24, 2.45) is 0 Å². The molecule has 0 aliphatic rings. The first-order valence-corrected chi connectivity index (χ1v) is 6.47. The lowest BCUT2D eigenvalue weighted by molar-refractivity contribution is 0.103. The number of hydrogen-bond acceptors (Lipinski definition) is 4. The first kappa shape index (κ1) is 14.8. The quantitative estimate of drug-likeness (QED) is 0.679. The van der Waals surface area contributed by atoms with Crippen LogP contribution in [0.25, 0.3) is 0 Å². The van der Waals surface area contributed by atoms with Gasteiger partial charge in [-0.05, 0) is 43.3 Å². The summed E-state index contributed by atoms with van der Waals surface area (Å²) in [6.07, 6.45) is 0. The molecule has 4 nitrogen and oxygen atoms in total. The Morgan fingerprint density at radius 3 is 2.29 bits per heavy atom. The molecular weight excluding hydrogens is 273 g/mol. The fraction of sp³-hybridized carbons (Fsp3) is 0.188. The summed E-state index contributed by atoms with van der Waals surface area (Å²) >= 11 is 0. The summed E-state index contributed by atoms with van der Waals surface area (Å²) in [7, 11) is 1.37. The standard InChI is InChI=1S/C16H16FNO3/c1-3-21-15-7-5-11(9-13(15)18)16(19)10-4-6-14(20-2)12(17)8-10/h4-9H,3,18H2,1-2H3. The first-order valence-electron chi connectivity index (χ1n) is 6.47. The van der Waals surface area contributed by atoms with Crippen molar-refractivity contribution in [3.63, 3.8) is 0 Å². The second-order valence-corrected chi connectivity index (χ2v) is 4.36. The zero-order valence-electron chi connectivity index (χ0n) is 11.9. The monoisotopic (exact) mass is 289 g/mol. The Morgan fingerprint density at radius 2 is 1.76 bits per heavy atom. The average molecular weight is 289 g/mol. The average Bonchev–Trinajstić information content (AvgIpc) is 2.48. The highest BCUT2D eigenvalue weighted by Crippen LogP contribution is 2.25. The second kappa shape index (κ2) is 6.26. The molecule has 5 heteroatoms. The summed E-state index contributed by atoms with van der Waals surface area (Å²) in [5.41, 5.74) is 6.81. The molecular formula is C16H16FNO3. The van der Waals surface area contributed by atoms with Crippen LogP contribution in [0.2, 0.25) is 0 Å². The first-order chi connectivity index (χ1) is 10.1. The molecule has 0 spiro atoms. The molecule has 0 heterocycles. The zero-order chi connectivity index (χ0) is 15.4. The molecule has 2 aromatic carbocycles. The van der Waals surface area contributed by atoms with E-state index in [9.17, 15) is 9.18 Å². The Labute approximate surface area is 122 Å². The van der Waals surface area contributed by atoms with Gasteiger partial charge in [0.25, 0.3) is 0 Å². The van der Waals surface area contributed by atoms with Gasteiger partial charge >= 0.3 is 0 Å². The number of carbonyl (C=O) groups is 1. The van der Waals surface area contributed by atoms with Gasteiger partial charge in [0, 0.05) is 11.1 Å². The number of ether oxygens (including phenoxy) is 2. The van der Waals surface area contributed by atoms with Crippen LogP contribution in [0.5, 0.6) is 11.5 Å². The van der Waals surface area contributed by atoms with Crippen molar-refractivity contribution < 1.29 is 18.7 Å². The molecule has 2 aromatic rings. The Kier molecular flexibility index (Phi) is 4.42. The topological polar surface area (TPSA) is 61.5 Å². The number of anilines is 1. The van der Waals surface area contributed by atoms with Crippen LogP contribution in [0.3, 0.4) is 0 Å². The predicted octanol–water partition coefficient (Wildman–Crippen LogP) is 3.05. The zero-order valence-corrected chi connectivity index (χ0v) is 11.9. The number of nitrogen functional groups attached to an aromatic ring is 1. The van der Waals surface area contributed by atoms with E-state index in [-0.39, 0.29) is 17.1 Å². The minimum absolute atomic E-state index is 0.0951. The number of hydrogen-bond donors (Lipinski definition) is 1. The van der Waals surface area contributed by atoms with Gasteiger partial charge in [0.05, 0.1) is 19.4 Å². The third-order valence-corrected chi connectivity index (χ3v) is 2.99. The number of benzene rings is 2. The summed E-state index contributed by atoms with van der Waals surface area (Å²) in [5, 5.41) is 0. The number of halogens is 1. The number of ketones is 1. The van der Waals surface area contributed by atoms with E-state index in [1.54, 1.807) is 12.1 Å². The Morgan fingerprint density at radius 1 is 1.14 bits per heavy atom. The lowest BCUT2D eigenvalue weighted by Crippen LogP contribution is -2.04. The summed E-state index contributed by atoms with van der Waals surface area (Å²) in [4.78, 5) is 12.3. The Hall–Kier alpha value is -2.56. The molecule has 0 atom stereocenters. The van der Waals surface area contributed by atoms with Crippen molar-refractivity contribution in [3.05, 3.63) is 53.3 Å². The van der Waals surface area contributed by atoms with Crippen molar-refractivity contribution in [3.8, 4) is 11.5 Å². The number of carbonyl (C=O) groups excluding carboxylic acids is 1. The third-order valence-electron chi connectivity index (χ3n) is 2.99. The molecule has 0 aliphatic heterocycles. The minimum Gasteiger partial charge on any atom is -0.494 e. The van der Waals surface area contributed by atoms with Crippen molar-refractivity contribution in [1.82, 2.24) is 0 Å². The van der Waals surface area contributed by atoms with Gasteiger partial charge in [-0.15, -0.1) is 0 Å². The minimum atomic E-state index is -0.581.